The first-order valence-corrected chi connectivity index (χ1v) is 5.54. The van der Waals surface area contributed by atoms with Gasteiger partial charge in [-0.1, -0.05) is 6.07 Å². The van der Waals surface area contributed by atoms with Gasteiger partial charge in [0.2, 0.25) is 0 Å². The molecule has 1 N–H and O–H groups in total. The molecule has 0 unspecified atom stereocenters. The number of hydrogen-bond acceptors (Lipinski definition) is 3. The van der Waals surface area contributed by atoms with E-state index in [9.17, 15) is 9.18 Å². The number of nitrogens with one attached hydrogen (secondary N) is 1. The highest BCUT2D eigenvalue weighted by molar-refractivity contribution is 5.94. The number of pyridine rings is 2. The molecule has 0 fully saturated rings. The van der Waals surface area contributed by atoms with E-state index in [1.807, 2.05) is 12.1 Å². The first-order valence-electron chi connectivity index (χ1n) is 5.54. The van der Waals surface area contributed by atoms with Crippen LogP contribution in [0.1, 0.15) is 15.9 Å². The van der Waals surface area contributed by atoms with Gasteiger partial charge in [0, 0.05) is 25.1 Å². The van der Waals surface area contributed by atoms with Crippen LogP contribution in [0, 0.1) is 5.82 Å². The molecule has 2 heterocycles. The fourth-order valence-corrected chi connectivity index (χ4v) is 1.52. The Morgan fingerprint density at radius 1 is 1.22 bits per heavy atom. The van der Waals surface area contributed by atoms with Gasteiger partial charge in [-0.15, -0.1) is 0 Å². The fraction of sp³-hybridized carbons (Fsp3) is 0.154. The average molecular weight is 245 g/mol. The van der Waals surface area contributed by atoms with Crippen LogP contribution in [0.5, 0.6) is 0 Å². The maximum atomic E-state index is 13.3. The lowest BCUT2D eigenvalue weighted by Crippen LogP contribution is -2.26. The Balaban J connectivity index is 1.88. The van der Waals surface area contributed by atoms with Crippen molar-refractivity contribution in [2.24, 2.45) is 0 Å². The van der Waals surface area contributed by atoms with Crippen molar-refractivity contribution >= 4 is 5.91 Å². The molecular weight excluding hydrogens is 233 g/mol. The molecule has 0 saturated heterocycles. The number of nitrogens with zero attached hydrogens (tertiary/aromatic N) is 2. The summed E-state index contributed by atoms with van der Waals surface area (Å²) in [5.41, 5.74) is 1.03. The quantitative estimate of drug-likeness (QED) is 0.889. The Morgan fingerprint density at radius 2 is 2.06 bits per heavy atom. The molecule has 2 aromatic heterocycles. The molecule has 0 aliphatic rings. The topological polar surface area (TPSA) is 54.9 Å². The van der Waals surface area contributed by atoms with E-state index in [1.165, 1.54) is 12.3 Å². The van der Waals surface area contributed by atoms with Gasteiger partial charge in [0.05, 0.1) is 11.8 Å². The summed E-state index contributed by atoms with van der Waals surface area (Å²) >= 11 is 0. The molecule has 0 atom stereocenters. The molecule has 1 amide bonds. The van der Waals surface area contributed by atoms with Gasteiger partial charge in [0.25, 0.3) is 5.91 Å². The Bertz CT molecular complexity index is 531. The van der Waals surface area contributed by atoms with Crippen LogP contribution in [0.3, 0.4) is 0 Å². The summed E-state index contributed by atoms with van der Waals surface area (Å²) in [5.74, 6) is -1.05. The van der Waals surface area contributed by atoms with Crippen LogP contribution in [0.15, 0.2) is 43.0 Å². The minimum atomic E-state index is -0.614. The number of aromatic nitrogens is 2. The molecule has 0 aliphatic heterocycles. The molecule has 0 bridgehead atoms. The second-order valence-corrected chi connectivity index (χ2v) is 3.72. The van der Waals surface area contributed by atoms with Crippen molar-refractivity contribution in [3.8, 4) is 0 Å². The van der Waals surface area contributed by atoms with Crippen molar-refractivity contribution in [1.82, 2.24) is 15.3 Å². The predicted octanol–water partition coefficient (Wildman–Crippen LogP) is 1.59. The summed E-state index contributed by atoms with van der Waals surface area (Å²) in [5, 5.41) is 2.65. The maximum Gasteiger partial charge on any atom is 0.254 e. The van der Waals surface area contributed by atoms with E-state index in [1.54, 1.807) is 12.4 Å². The lowest BCUT2D eigenvalue weighted by atomic mass is 10.2. The summed E-state index contributed by atoms with van der Waals surface area (Å²) in [6.07, 6.45) is 6.50. The van der Waals surface area contributed by atoms with Crippen molar-refractivity contribution in [3.63, 3.8) is 0 Å². The second-order valence-electron chi connectivity index (χ2n) is 3.72. The van der Waals surface area contributed by atoms with Gasteiger partial charge in [-0.3, -0.25) is 14.8 Å². The van der Waals surface area contributed by atoms with Gasteiger partial charge < -0.3 is 5.32 Å². The van der Waals surface area contributed by atoms with E-state index in [0.717, 1.165) is 11.8 Å². The summed E-state index contributed by atoms with van der Waals surface area (Å²) in [6.45, 7) is 0.437. The van der Waals surface area contributed by atoms with Gasteiger partial charge in [-0.2, -0.15) is 0 Å². The van der Waals surface area contributed by atoms with Crippen LogP contribution in [0.4, 0.5) is 4.39 Å². The number of carbonyl (C=O) groups is 1. The zero-order chi connectivity index (χ0) is 12.8. The highest BCUT2D eigenvalue weighted by Gasteiger charge is 2.10. The normalized spacial score (nSPS) is 10.1. The van der Waals surface area contributed by atoms with Crippen molar-refractivity contribution in [2.75, 3.05) is 6.54 Å². The van der Waals surface area contributed by atoms with Crippen LogP contribution in [0.2, 0.25) is 0 Å². The lowest BCUT2D eigenvalue weighted by Gasteiger charge is -2.05. The van der Waals surface area contributed by atoms with Gasteiger partial charge in [-0.05, 0) is 24.1 Å². The molecule has 0 aromatic carbocycles. The van der Waals surface area contributed by atoms with Crippen molar-refractivity contribution in [2.45, 2.75) is 6.42 Å². The Morgan fingerprint density at radius 3 is 2.78 bits per heavy atom. The van der Waals surface area contributed by atoms with Crippen LogP contribution < -0.4 is 5.32 Å². The molecule has 0 spiro atoms. The van der Waals surface area contributed by atoms with Gasteiger partial charge in [0.15, 0.2) is 5.82 Å². The summed E-state index contributed by atoms with van der Waals surface area (Å²) in [6, 6.07) is 5.11. The number of carbonyl (C=O) groups excluding carboxylic acids is 1. The SMILES string of the molecule is O=C(NCCc1cccnc1)c1ccncc1F. The molecule has 92 valence electrons. The summed E-state index contributed by atoms with van der Waals surface area (Å²) < 4.78 is 13.3. The lowest BCUT2D eigenvalue weighted by molar-refractivity contribution is 0.0950. The average Bonchev–Trinajstić information content (AvgIpc) is 2.40. The van der Waals surface area contributed by atoms with Crippen LogP contribution in [0.25, 0.3) is 0 Å². The zero-order valence-corrected chi connectivity index (χ0v) is 9.64. The van der Waals surface area contributed by atoms with E-state index in [-0.39, 0.29) is 5.56 Å². The van der Waals surface area contributed by atoms with Crippen LogP contribution in [-0.4, -0.2) is 22.4 Å². The Hall–Kier alpha value is -2.30. The molecule has 4 nitrogen and oxygen atoms in total. The Labute approximate surface area is 104 Å². The number of rotatable bonds is 4. The fourth-order valence-electron chi connectivity index (χ4n) is 1.52. The molecule has 5 heteroatoms. The van der Waals surface area contributed by atoms with Crippen LogP contribution in [-0.2, 0) is 6.42 Å². The first-order chi connectivity index (χ1) is 8.77. The standard InChI is InChI=1S/C13H12FN3O/c14-12-9-16-6-4-11(12)13(18)17-7-3-10-2-1-5-15-8-10/h1-2,4-6,8-9H,3,7H2,(H,17,18). The van der Waals surface area contributed by atoms with E-state index in [0.29, 0.717) is 13.0 Å². The second kappa shape index (κ2) is 5.86. The highest BCUT2D eigenvalue weighted by atomic mass is 19.1. The van der Waals surface area contributed by atoms with E-state index in [4.69, 9.17) is 0 Å². The molecular formula is C13H12FN3O. The molecule has 2 aromatic rings. The number of amides is 1. The monoisotopic (exact) mass is 245 g/mol. The third-order valence-corrected chi connectivity index (χ3v) is 2.44. The molecule has 0 saturated carbocycles. The third kappa shape index (κ3) is 3.10. The largest absolute Gasteiger partial charge is 0.352 e. The summed E-state index contributed by atoms with van der Waals surface area (Å²) in [7, 11) is 0. The van der Waals surface area contributed by atoms with Crippen molar-refractivity contribution < 1.29 is 9.18 Å². The van der Waals surface area contributed by atoms with Crippen LogP contribution >= 0.6 is 0 Å². The third-order valence-electron chi connectivity index (χ3n) is 2.44. The predicted molar refractivity (Wildman–Crippen MR) is 64.5 cm³/mol. The maximum absolute atomic E-state index is 13.3. The van der Waals surface area contributed by atoms with E-state index in [2.05, 4.69) is 15.3 Å². The molecule has 18 heavy (non-hydrogen) atoms. The zero-order valence-electron chi connectivity index (χ0n) is 9.64. The number of hydrogen-bond donors (Lipinski definition) is 1. The van der Waals surface area contributed by atoms with Gasteiger partial charge >= 0.3 is 0 Å². The Kier molecular flexibility index (Phi) is 3.96. The van der Waals surface area contributed by atoms with Crippen molar-refractivity contribution in [3.05, 3.63) is 59.9 Å². The van der Waals surface area contributed by atoms with Crippen molar-refractivity contribution in [1.29, 1.82) is 0 Å². The van der Waals surface area contributed by atoms with E-state index < -0.39 is 11.7 Å². The van der Waals surface area contributed by atoms with Gasteiger partial charge in [-0.25, -0.2) is 4.39 Å². The number of halogens is 1. The van der Waals surface area contributed by atoms with E-state index >= 15 is 0 Å². The highest BCUT2D eigenvalue weighted by Crippen LogP contribution is 2.04. The minimum Gasteiger partial charge on any atom is -0.352 e. The first kappa shape index (κ1) is 12.2. The smallest absolute Gasteiger partial charge is 0.254 e. The van der Waals surface area contributed by atoms with Gasteiger partial charge in [0.1, 0.15) is 0 Å². The molecule has 2 rings (SSSR count). The molecule has 0 aliphatic carbocycles. The molecule has 0 radical (unpaired) electrons. The minimum absolute atomic E-state index is 0.0104. The summed E-state index contributed by atoms with van der Waals surface area (Å²) in [4.78, 5) is 19.2.